The number of hydrogen-bond acceptors (Lipinski definition) is 7. The standard InChI is InChI=1S/C23H19Cl2N3O6S/c1-33-21-12-15(2-11-20(21)34-23(30)16-3-5-17(24)6-4-16)13-26-28-22(29)14-27-35(31,32)19-9-7-18(25)8-10-19/h2-13,27H,14H2,1H3,(H,28,29)/b26-13+. The van der Waals surface area contributed by atoms with Crippen molar-refractivity contribution in [3.63, 3.8) is 0 Å². The molecule has 2 N–H and O–H groups in total. The van der Waals surface area contributed by atoms with Crippen LogP contribution in [-0.4, -0.2) is 40.2 Å². The second-order valence-corrected chi connectivity index (χ2v) is 9.52. The molecule has 35 heavy (non-hydrogen) atoms. The number of carbonyl (C=O) groups excluding carboxylic acids is 2. The zero-order chi connectivity index (χ0) is 25.4. The van der Waals surface area contributed by atoms with E-state index in [2.05, 4.69) is 15.2 Å². The number of rotatable bonds is 9. The van der Waals surface area contributed by atoms with Crippen LogP contribution in [0.3, 0.4) is 0 Å². The van der Waals surface area contributed by atoms with Crippen molar-refractivity contribution >= 4 is 51.3 Å². The van der Waals surface area contributed by atoms with Crippen molar-refractivity contribution in [1.29, 1.82) is 0 Å². The third-order valence-electron chi connectivity index (χ3n) is 4.42. The summed E-state index contributed by atoms with van der Waals surface area (Å²) < 4.78 is 37.2. The molecule has 0 atom stereocenters. The smallest absolute Gasteiger partial charge is 0.343 e. The lowest BCUT2D eigenvalue weighted by Gasteiger charge is -2.10. The first kappa shape index (κ1) is 26.2. The molecular formula is C23H19Cl2N3O6S. The summed E-state index contributed by atoms with van der Waals surface area (Å²) in [5.74, 6) is -0.822. The van der Waals surface area contributed by atoms with Crippen molar-refractivity contribution in [2.45, 2.75) is 4.90 Å². The zero-order valence-corrected chi connectivity index (χ0v) is 20.5. The Balaban J connectivity index is 1.56. The predicted octanol–water partition coefficient (Wildman–Crippen LogP) is 3.65. The maximum atomic E-state index is 12.3. The van der Waals surface area contributed by atoms with Crippen molar-refractivity contribution < 1.29 is 27.5 Å². The number of sulfonamides is 1. The van der Waals surface area contributed by atoms with Gasteiger partial charge in [-0.2, -0.15) is 5.10 Å². The minimum atomic E-state index is -3.88. The fourth-order valence-corrected chi connectivity index (χ4v) is 3.90. The van der Waals surface area contributed by atoms with E-state index >= 15 is 0 Å². The maximum absolute atomic E-state index is 12.3. The van der Waals surface area contributed by atoms with Gasteiger partial charge in [-0.3, -0.25) is 4.79 Å². The van der Waals surface area contributed by atoms with E-state index in [4.69, 9.17) is 32.7 Å². The molecule has 182 valence electrons. The van der Waals surface area contributed by atoms with E-state index in [0.29, 0.717) is 21.2 Å². The number of halogens is 2. The Morgan fingerprint density at radius 2 is 1.57 bits per heavy atom. The molecule has 0 saturated heterocycles. The molecule has 0 fully saturated rings. The molecule has 0 spiro atoms. The Morgan fingerprint density at radius 3 is 2.20 bits per heavy atom. The summed E-state index contributed by atoms with van der Waals surface area (Å²) >= 11 is 11.6. The Bertz CT molecular complexity index is 1340. The lowest BCUT2D eigenvalue weighted by atomic mass is 10.2. The molecule has 0 saturated carbocycles. The number of carbonyl (C=O) groups is 2. The summed E-state index contributed by atoms with van der Waals surface area (Å²) in [5.41, 5.74) is 3.06. The number of esters is 1. The van der Waals surface area contributed by atoms with Crippen molar-refractivity contribution in [1.82, 2.24) is 10.1 Å². The van der Waals surface area contributed by atoms with E-state index < -0.39 is 28.4 Å². The van der Waals surface area contributed by atoms with Gasteiger partial charge >= 0.3 is 5.97 Å². The van der Waals surface area contributed by atoms with Crippen LogP contribution < -0.4 is 19.6 Å². The predicted molar refractivity (Wildman–Crippen MR) is 132 cm³/mol. The molecule has 3 rings (SSSR count). The Morgan fingerprint density at radius 1 is 0.943 bits per heavy atom. The van der Waals surface area contributed by atoms with E-state index in [-0.39, 0.29) is 16.4 Å². The van der Waals surface area contributed by atoms with Crippen LogP contribution in [0.1, 0.15) is 15.9 Å². The van der Waals surface area contributed by atoms with Crippen LogP contribution in [-0.2, 0) is 14.8 Å². The van der Waals surface area contributed by atoms with Crippen LogP contribution in [0.25, 0.3) is 0 Å². The molecule has 0 aromatic heterocycles. The van der Waals surface area contributed by atoms with Gasteiger partial charge in [0.25, 0.3) is 5.91 Å². The van der Waals surface area contributed by atoms with Gasteiger partial charge < -0.3 is 9.47 Å². The van der Waals surface area contributed by atoms with Gasteiger partial charge in [0, 0.05) is 10.0 Å². The van der Waals surface area contributed by atoms with Crippen molar-refractivity contribution in [2.75, 3.05) is 13.7 Å². The summed E-state index contributed by atoms with van der Waals surface area (Å²) in [5, 5.41) is 4.68. The van der Waals surface area contributed by atoms with Gasteiger partial charge in [0.1, 0.15) is 0 Å². The molecule has 0 heterocycles. The second kappa shape index (κ2) is 11.8. The monoisotopic (exact) mass is 535 g/mol. The first-order valence-corrected chi connectivity index (χ1v) is 12.1. The van der Waals surface area contributed by atoms with Gasteiger partial charge in [-0.05, 0) is 72.3 Å². The molecule has 3 aromatic carbocycles. The van der Waals surface area contributed by atoms with E-state index in [1.165, 1.54) is 55.8 Å². The largest absolute Gasteiger partial charge is 0.493 e. The van der Waals surface area contributed by atoms with Crippen LogP contribution in [0.5, 0.6) is 11.5 Å². The van der Waals surface area contributed by atoms with Crippen LogP contribution in [0, 0.1) is 0 Å². The minimum Gasteiger partial charge on any atom is -0.493 e. The Labute approximate surface area is 211 Å². The topological polar surface area (TPSA) is 123 Å². The summed E-state index contributed by atoms with van der Waals surface area (Å²) in [6, 6.07) is 16.4. The van der Waals surface area contributed by atoms with Crippen LogP contribution in [0.4, 0.5) is 0 Å². The molecular weight excluding hydrogens is 517 g/mol. The highest BCUT2D eigenvalue weighted by molar-refractivity contribution is 7.89. The number of methoxy groups -OCH3 is 1. The quantitative estimate of drug-likeness (QED) is 0.186. The van der Waals surface area contributed by atoms with Gasteiger partial charge in [-0.1, -0.05) is 23.2 Å². The Kier molecular flexibility index (Phi) is 8.83. The average Bonchev–Trinajstić information content (AvgIpc) is 2.84. The summed E-state index contributed by atoms with van der Waals surface area (Å²) in [6.45, 7) is -0.523. The van der Waals surface area contributed by atoms with Crippen LogP contribution in [0.15, 0.2) is 76.7 Å². The van der Waals surface area contributed by atoms with Gasteiger partial charge in [0.2, 0.25) is 10.0 Å². The molecule has 9 nitrogen and oxygen atoms in total. The van der Waals surface area contributed by atoms with Crippen molar-refractivity contribution in [3.05, 3.63) is 87.9 Å². The number of nitrogens with zero attached hydrogens (tertiary/aromatic N) is 1. The molecule has 1 amide bonds. The highest BCUT2D eigenvalue weighted by Crippen LogP contribution is 2.28. The maximum Gasteiger partial charge on any atom is 0.343 e. The van der Waals surface area contributed by atoms with E-state index in [1.807, 2.05) is 0 Å². The first-order chi connectivity index (χ1) is 16.7. The molecule has 0 bridgehead atoms. The zero-order valence-electron chi connectivity index (χ0n) is 18.2. The molecule has 0 aliphatic rings. The number of hydrazone groups is 1. The fourth-order valence-electron chi connectivity index (χ4n) is 2.67. The van der Waals surface area contributed by atoms with E-state index in [0.717, 1.165) is 0 Å². The number of nitrogens with one attached hydrogen (secondary N) is 2. The normalized spacial score (nSPS) is 11.3. The van der Waals surface area contributed by atoms with Crippen molar-refractivity contribution in [3.8, 4) is 11.5 Å². The number of amides is 1. The molecule has 12 heteroatoms. The average molecular weight is 536 g/mol. The lowest BCUT2D eigenvalue weighted by molar-refractivity contribution is -0.119. The van der Waals surface area contributed by atoms with E-state index in [9.17, 15) is 18.0 Å². The van der Waals surface area contributed by atoms with E-state index in [1.54, 1.807) is 24.3 Å². The molecule has 0 aliphatic heterocycles. The minimum absolute atomic E-state index is 0.0258. The third-order valence-corrected chi connectivity index (χ3v) is 6.34. The number of hydrogen-bond donors (Lipinski definition) is 2. The highest BCUT2D eigenvalue weighted by Gasteiger charge is 2.15. The summed E-state index contributed by atoms with van der Waals surface area (Å²) in [4.78, 5) is 24.2. The molecule has 0 aliphatic carbocycles. The number of ether oxygens (including phenoxy) is 2. The fraction of sp³-hybridized carbons (Fsp3) is 0.0870. The second-order valence-electron chi connectivity index (χ2n) is 6.88. The summed E-state index contributed by atoms with van der Waals surface area (Å²) in [6.07, 6.45) is 1.32. The molecule has 0 radical (unpaired) electrons. The first-order valence-electron chi connectivity index (χ1n) is 9.91. The number of benzene rings is 3. The van der Waals surface area contributed by atoms with Gasteiger partial charge in [0.05, 0.1) is 30.3 Å². The molecule has 0 unspecified atom stereocenters. The third kappa shape index (κ3) is 7.52. The highest BCUT2D eigenvalue weighted by atomic mass is 35.5. The van der Waals surface area contributed by atoms with Gasteiger partial charge in [-0.25, -0.2) is 23.4 Å². The molecule has 3 aromatic rings. The lowest BCUT2D eigenvalue weighted by Crippen LogP contribution is -2.34. The van der Waals surface area contributed by atoms with Gasteiger partial charge in [-0.15, -0.1) is 0 Å². The van der Waals surface area contributed by atoms with Gasteiger partial charge in [0.15, 0.2) is 11.5 Å². The van der Waals surface area contributed by atoms with Crippen LogP contribution in [0.2, 0.25) is 10.0 Å². The SMILES string of the molecule is COc1cc(/C=N/NC(=O)CNS(=O)(=O)c2ccc(Cl)cc2)ccc1OC(=O)c1ccc(Cl)cc1. The Hall–Kier alpha value is -3.44. The summed E-state index contributed by atoms with van der Waals surface area (Å²) in [7, 11) is -2.47. The van der Waals surface area contributed by atoms with Crippen LogP contribution >= 0.6 is 23.2 Å². The van der Waals surface area contributed by atoms with Crippen molar-refractivity contribution in [2.24, 2.45) is 5.10 Å².